The van der Waals surface area contributed by atoms with E-state index in [0.29, 0.717) is 23.7 Å². The van der Waals surface area contributed by atoms with Gasteiger partial charge in [-0.05, 0) is 50.8 Å². The van der Waals surface area contributed by atoms with Crippen LogP contribution in [0.4, 0.5) is 0 Å². The molecule has 2 N–H and O–H groups in total. The van der Waals surface area contributed by atoms with Crippen molar-refractivity contribution in [1.29, 1.82) is 0 Å². The maximum atomic E-state index is 10.5. The van der Waals surface area contributed by atoms with E-state index in [1.165, 1.54) is 5.57 Å². The summed E-state index contributed by atoms with van der Waals surface area (Å²) in [6.45, 7) is 4.05. The number of methoxy groups -OCH3 is 2. The third-order valence-corrected chi connectivity index (χ3v) is 4.79. The van der Waals surface area contributed by atoms with Crippen molar-refractivity contribution in [1.82, 2.24) is 0 Å². The number of rotatable bonds is 5. The van der Waals surface area contributed by atoms with Crippen molar-refractivity contribution in [2.45, 2.75) is 39.2 Å². The lowest BCUT2D eigenvalue weighted by Crippen LogP contribution is -2.17. The quantitative estimate of drug-likeness (QED) is 0.748. The molecule has 0 unspecified atom stereocenters. The molecule has 0 saturated heterocycles. The SMILES string of the molecule is COc1cc(O)cc([C@H]2CCc3c(OC)cc(O)c(CC=C(C)C)c3O2)c1. The summed E-state index contributed by atoms with van der Waals surface area (Å²) in [7, 11) is 3.16. The fourth-order valence-corrected chi connectivity index (χ4v) is 3.39. The summed E-state index contributed by atoms with van der Waals surface area (Å²) in [5.41, 5.74) is 3.73. The van der Waals surface area contributed by atoms with Crippen LogP contribution in [-0.4, -0.2) is 24.4 Å². The Labute approximate surface area is 159 Å². The van der Waals surface area contributed by atoms with Crippen molar-refractivity contribution in [3.05, 3.63) is 52.6 Å². The first-order valence-corrected chi connectivity index (χ1v) is 9.02. The van der Waals surface area contributed by atoms with Crippen molar-refractivity contribution in [3.8, 4) is 28.7 Å². The third-order valence-electron chi connectivity index (χ3n) is 4.79. The van der Waals surface area contributed by atoms with E-state index in [4.69, 9.17) is 14.2 Å². The lowest BCUT2D eigenvalue weighted by atomic mass is 9.93. The van der Waals surface area contributed by atoms with Crippen LogP contribution in [0, 0.1) is 0 Å². The maximum Gasteiger partial charge on any atom is 0.134 e. The number of fused-ring (bicyclic) bond motifs is 1. The Balaban J connectivity index is 2.03. The first-order chi connectivity index (χ1) is 12.9. The van der Waals surface area contributed by atoms with Crippen LogP contribution in [0.15, 0.2) is 35.9 Å². The van der Waals surface area contributed by atoms with Gasteiger partial charge in [0.1, 0.15) is 34.9 Å². The zero-order valence-electron chi connectivity index (χ0n) is 16.2. The van der Waals surface area contributed by atoms with Crippen LogP contribution in [0.3, 0.4) is 0 Å². The van der Waals surface area contributed by atoms with Gasteiger partial charge in [-0.3, -0.25) is 0 Å². The maximum absolute atomic E-state index is 10.5. The van der Waals surface area contributed by atoms with Gasteiger partial charge in [-0.1, -0.05) is 11.6 Å². The molecule has 2 aromatic carbocycles. The van der Waals surface area contributed by atoms with Gasteiger partial charge in [-0.15, -0.1) is 0 Å². The van der Waals surface area contributed by atoms with Crippen LogP contribution in [0.5, 0.6) is 28.7 Å². The predicted molar refractivity (Wildman–Crippen MR) is 104 cm³/mol. The molecule has 1 heterocycles. The molecule has 0 bridgehead atoms. The van der Waals surface area contributed by atoms with E-state index in [1.807, 2.05) is 19.9 Å². The number of aromatic hydroxyl groups is 2. The average Bonchev–Trinajstić information content (AvgIpc) is 2.65. The van der Waals surface area contributed by atoms with Gasteiger partial charge in [0.25, 0.3) is 0 Å². The van der Waals surface area contributed by atoms with Crippen molar-refractivity contribution in [2.75, 3.05) is 14.2 Å². The minimum Gasteiger partial charge on any atom is -0.508 e. The highest BCUT2D eigenvalue weighted by atomic mass is 16.5. The third kappa shape index (κ3) is 3.97. The van der Waals surface area contributed by atoms with E-state index in [0.717, 1.165) is 29.5 Å². The van der Waals surface area contributed by atoms with E-state index < -0.39 is 0 Å². The number of allylic oxidation sites excluding steroid dienone is 2. The summed E-state index contributed by atoms with van der Waals surface area (Å²) in [6, 6.07) is 6.78. The summed E-state index contributed by atoms with van der Waals surface area (Å²) in [6.07, 6.45) is 3.89. The molecule has 0 radical (unpaired) electrons. The van der Waals surface area contributed by atoms with Gasteiger partial charge in [0.2, 0.25) is 0 Å². The smallest absolute Gasteiger partial charge is 0.134 e. The molecule has 1 aliphatic heterocycles. The topological polar surface area (TPSA) is 68.2 Å². The first-order valence-electron chi connectivity index (χ1n) is 9.02. The molecule has 0 fully saturated rings. The number of benzene rings is 2. The summed E-state index contributed by atoms with van der Waals surface area (Å²) in [5, 5.41) is 20.5. The second kappa shape index (κ2) is 7.82. The van der Waals surface area contributed by atoms with Gasteiger partial charge in [0.15, 0.2) is 0 Å². The Morgan fingerprint density at radius 3 is 2.59 bits per heavy atom. The molecule has 3 rings (SSSR count). The van der Waals surface area contributed by atoms with Gasteiger partial charge >= 0.3 is 0 Å². The molecule has 5 nitrogen and oxygen atoms in total. The molecule has 0 spiro atoms. The second-order valence-electron chi connectivity index (χ2n) is 6.98. The highest BCUT2D eigenvalue weighted by molar-refractivity contribution is 5.58. The molecular weight excluding hydrogens is 344 g/mol. The van der Waals surface area contributed by atoms with Gasteiger partial charge in [-0.2, -0.15) is 0 Å². The zero-order chi connectivity index (χ0) is 19.6. The fourth-order valence-electron chi connectivity index (χ4n) is 3.39. The van der Waals surface area contributed by atoms with E-state index >= 15 is 0 Å². The normalized spacial score (nSPS) is 15.5. The lowest BCUT2D eigenvalue weighted by Gasteiger charge is -2.30. The van der Waals surface area contributed by atoms with Crippen LogP contribution in [0.25, 0.3) is 0 Å². The summed E-state index contributed by atoms with van der Waals surface area (Å²) in [4.78, 5) is 0. The largest absolute Gasteiger partial charge is 0.508 e. The Morgan fingerprint density at radius 1 is 1.15 bits per heavy atom. The molecule has 5 heteroatoms. The molecule has 0 aromatic heterocycles. The minimum atomic E-state index is -0.240. The molecular formula is C22H26O5. The van der Waals surface area contributed by atoms with Crippen LogP contribution < -0.4 is 14.2 Å². The lowest BCUT2D eigenvalue weighted by molar-refractivity contribution is 0.171. The summed E-state index contributed by atoms with van der Waals surface area (Å²) in [5.74, 6) is 2.19. The van der Waals surface area contributed by atoms with Gasteiger partial charge in [0, 0.05) is 23.3 Å². The van der Waals surface area contributed by atoms with Crippen LogP contribution in [0.2, 0.25) is 0 Å². The van der Waals surface area contributed by atoms with Crippen molar-refractivity contribution in [2.24, 2.45) is 0 Å². The molecule has 144 valence electrons. The molecule has 0 amide bonds. The summed E-state index contributed by atoms with van der Waals surface area (Å²) >= 11 is 0. The van der Waals surface area contributed by atoms with Crippen molar-refractivity contribution < 1.29 is 24.4 Å². The predicted octanol–water partition coefficient (Wildman–Crippen LogP) is 4.69. The van der Waals surface area contributed by atoms with E-state index in [1.54, 1.807) is 32.4 Å². The molecule has 2 aromatic rings. The first kappa shape index (κ1) is 19.0. The van der Waals surface area contributed by atoms with Crippen LogP contribution in [0.1, 0.15) is 43.1 Å². The Kier molecular flexibility index (Phi) is 5.49. The average molecular weight is 370 g/mol. The molecule has 1 atom stereocenters. The highest BCUT2D eigenvalue weighted by Crippen LogP contribution is 2.46. The number of hydrogen-bond donors (Lipinski definition) is 2. The van der Waals surface area contributed by atoms with Crippen LogP contribution >= 0.6 is 0 Å². The summed E-state index contributed by atoms with van der Waals surface area (Å²) < 4.78 is 17.0. The second-order valence-corrected chi connectivity index (χ2v) is 6.98. The Hall–Kier alpha value is -2.82. The van der Waals surface area contributed by atoms with E-state index in [-0.39, 0.29) is 17.6 Å². The monoisotopic (exact) mass is 370 g/mol. The minimum absolute atomic E-state index is 0.136. The van der Waals surface area contributed by atoms with Gasteiger partial charge in [-0.25, -0.2) is 0 Å². The number of phenolic OH excluding ortho intramolecular Hbond substituents is 2. The number of ether oxygens (including phenoxy) is 3. The van der Waals surface area contributed by atoms with E-state index in [2.05, 4.69) is 6.08 Å². The van der Waals surface area contributed by atoms with Gasteiger partial charge in [0.05, 0.1) is 14.2 Å². The van der Waals surface area contributed by atoms with Crippen LogP contribution in [-0.2, 0) is 12.8 Å². The molecule has 0 saturated carbocycles. The number of phenols is 2. The van der Waals surface area contributed by atoms with Crippen molar-refractivity contribution >= 4 is 0 Å². The fraction of sp³-hybridized carbons (Fsp3) is 0.364. The standard InChI is InChI=1S/C22H26O5/c1-13(2)5-6-17-19(24)12-21(26-4)18-7-8-20(27-22(17)18)14-9-15(23)11-16(10-14)25-3/h5,9-12,20,23-24H,6-8H2,1-4H3/t20-/m1/s1. The highest BCUT2D eigenvalue weighted by Gasteiger charge is 2.28. The Bertz CT molecular complexity index is 865. The molecule has 0 aliphatic carbocycles. The van der Waals surface area contributed by atoms with E-state index in [9.17, 15) is 10.2 Å². The van der Waals surface area contributed by atoms with Crippen molar-refractivity contribution in [3.63, 3.8) is 0 Å². The Morgan fingerprint density at radius 2 is 1.93 bits per heavy atom. The zero-order valence-corrected chi connectivity index (χ0v) is 16.2. The molecule has 27 heavy (non-hydrogen) atoms. The number of hydrogen-bond acceptors (Lipinski definition) is 5. The molecule has 1 aliphatic rings. The van der Waals surface area contributed by atoms with Gasteiger partial charge < -0.3 is 24.4 Å².